The van der Waals surface area contributed by atoms with Crippen molar-refractivity contribution in [3.63, 3.8) is 0 Å². The summed E-state index contributed by atoms with van der Waals surface area (Å²) in [5.41, 5.74) is -1.34. The van der Waals surface area contributed by atoms with Crippen LogP contribution in [0.15, 0.2) is 0 Å². The van der Waals surface area contributed by atoms with Crippen molar-refractivity contribution in [2.24, 2.45) is 23.2 Å². The van der Waals surface area contributed by atoms with E-state index < -0.39 is 75.2 Å². The normalized spacial score (nSPS) is 42.6. The lowest BCUT2D eigenvalue weighted by molar-refractivity contribution is -0.167. The summed E-state index contributed by atoms with van der Waals surface area (Å²) in [5.74, 6) is -4.98. The van der Waals surface area contributed by atoms with Gasteiger partial charge in [-0.05, 0) is 37.0 Å². The summed E-state index contributed by atoms with van der Waals surface area (Å²) in [6.45, 7) is 0. The van der Waals surface area contributed by atoms with Gasteiger partial charge in [0.05, 0.1) is 28.3 Å². The van der Waals surface area contributed by atoms with Crippen LogP contribution in [0.25, 0.3) is 0 Å². The molecule has 4 fully saturated rings. The summed E-state index contributed by atoms with van der Waals surface area (Å²) in [5, 5.41) is -5.55. The molecule has 0 saturated heterocycles. The zero-order valence-electron chi connectivity index (χ0n) is 13.4. The van der Waals surface area contributed by atoms with E-state index in [0.717, 1.165) is 7.11 Å². The van der Waals surface area contributed by atoms with E-state index in [-0.39, 0.29) is 19.3 Å². The fourth-order valence-corrected chi connectivity index (χ4v) is 10.1. The van der Waals surface area contributed by atoms with E-state index in [1.54, 1.807) is 0 Å². The van der Waals surface area contributed by atoms with Crippen LogP contribution in [-0.4, -0.2) is 67.7 Å². The van der Waals surface area contributed by atoms with Crippen LogP contribution in [0.3, 0.4) is 0 Å². The predicted molar refractivity (Wildman–Crippen MR) is 84.8 cm³/mol. The number of ether oxygens (including phenoxy) is 1. The highest BCUT2D eigenvalue weighted by Gasteiger charge is 2.72. The first kappa shape index (κ1) is 19.9. The quantitative estimate of drug-likeness (QED) is 0.362. The minimum atomic E-state index is -4.94. The van der Waals surface area contributed by atoms with Crippen LogP contribution in [-0.2, 0) is 39.9 Å². The third-order valence-corrected chi connectivity index (χ3v) is 10.2. The molecule has 0 aromatic carbocycles. The Bertz CT molecular complexity index is 824. The molecule has 0 unspecified atom stereocenters. The highest BCUT2D eigenvalue weighted by Crippen LogP contribution is 2.64. The van der Waals surface area contributed by atoms with E-state index in [1.807, 2.05) is 0 Å². The first-order valence-electron chi connectivity index (χ1n) is 7.61. The number of esters is 1. The average molecular weight is 434 g/mol. The second-order valence-electron chi connectivity index (χ2n) is 7.31. The van der Waals surface area contributed by atoms with Crippen LogP contribution in [0.2, 0.25) is 0 Å². The SMILES string of the molecule is COC(=O)C12CC3C(S(=O)(=O)O)C(C1)C(S(=O)(=O)O)C(C2)C3S(=O)(=O)O. The highest BCUT2D eigenvalue weighted by atomic mass is 32.2. The average Bonchev–Trinajstić information content (AvgIpc) is 2.40. The summed E-state index contributed by atoms with van der Waals surface area (Å²) < 4.78 is 105. The molecule has 4 saturated carbocycles. The van der Waals surface area contributed by atoms with Gasteiger partial charge in [-0.15, -0.1) is 0 Å². The highest BCUT2D eigenvalue weighted by molar-refractivity contribution is 7.88. The molecule has 11 nitrogen and oxygen atoms in total. The van der Waals surface area contributed by atoms with Crippen molar-refractivity contribution in [2.45, 2.75) is 35.0 Å². The zero-order valence-corrected chi connectivity index (χ0v) is 15.9. The van der Waals surface area contributed by atoms with Gasteiger partial charge in [-0.3, -0.25) is 18.5 Å². The van der Waals surface area contributed by atoms with Crippen molar-refractivity contribution in [2.75, 3.05) is 7.11 Å². The molecule has 0 heterocycles. The van der Waals surface area contributed by atoms with E-state index in [4.69, 9.17) is 4.74 Å². The molecule has 4 aliphatic rings. The van der Waals surface area contributed by atoms with Crippen molar-refractivity contribution < 1.29 is 48.4 Å². The van der Waals surface area contributed by atoms with Gasteiger partial charge in [0.25, 0.3) is 30.4 Å². The van der Waals surface area contributed by atoms with Gasteiger partial charge in [0.1, 0.15) is 0 Å². The minimum Gasteiger partial charge on any atom is -0.469 e. The van der Waals surface area contributed by atoms with Crippen LogP contribution >= 0.6 is 0 Å². The smallest absolute Gasteiger partial charge is 0.311 e. The maximum Gasteiger partial charge on any atom is 0.311 e. The molecule has 14 heteroatoms. The Hall–Kier alpha value is -0.800. The summed E-state index contributed by atoms with van der Waals surface area (Å²) in [6.07, 6.45) is -0.917. The molecule has 0 amide bonds. The Morgan fingerprint density at radius 3 is 1.23 bits per heavy atom. The molecule has 0 spiro atoms. The van der Waals surface area contributed by atoms with Gasteiger partial charge in [-0.2, -0.15) is 25.3 Å². The maximum atomic E-state index is 12.3. The van der Waals surface area contributed by atoms with Crippen LogP contribution in [0, 0.1) is 23.2 Å². The molecule has 4 aliphatic carbocycles. The van der Waals surface area contributed by atoms with Gasteiger partial charge in [0.15, 0.2) is 0 Å². The molecule has 0 aromatic rings. The van der Waals surface area contributed by atoms with Crippen molar-refractivity contribution in [3.8, 4) is 0 Å². The summed E-state index contributed by atoms with van der Waals surface area (Å²) in [7, 11) is -13.7. The fraction of sp³-hybridized carbons (Fsp3) is 0.917. The Kier molecular flexibility index (Phi) is 4.30. The molecule has 0 aromatic heterocycles. The Labute approximate surface area is 150 Å². The van der Waals surface area contributed by atoms with Gasteiger partial charge in [-0.25, -0.2) is 0 Å². The molecular formula is C12H18O11S3. The van der Waals surface area contributed by atoms with Gasteiger partial charge in [0, 0.05) is 0 Å². The lowest BCUT2D eigenvalue weighted by Crippen LogP contribution is -2.71. The van der Waals surface area contributed by atoms with Crippen LogP contribution in [0.5, 0.6) is 0 Å². The second kappa shape index (κ2) is 5.61. The Morgan fingerprint density at radius 1 is 0.769 bits per heavy atom. The monoisotopic (exact) mass is 434 g/mol. The van der Waals surface area contributed by atoms with Gasteiger partial charge < -0.3 is 4.74 Å². The standard InChI is InChI=1S/C12H18O11S3/c1-23-11(13)12-2-5-8(24(14,15)16)6(3-12)10(26(20,21)22)7(4-12)9(5)25(17,18)19/h5-10H,2-4H2,1H3,(H,14,15,16)(H,17,18,19)(H,20,21,22). The summed E-state index contributed by atoms with van der Waals surface area (Å²) in [6, 6.07) is 0. The van der Waals surface area contributed by atoms with Gasteiger partial charge in [0.2, 0.25) is 0 Å². The Balaban J connectivity index is 2.27. The van der Waals surface area contributed by atoms with Crippen molar-refractivity contribution in [1.29, 1.82) is 0 Å². The third-order valence-electron chi connectivity index (χ3n) is 6.06. The zero-order chi connectivity index (χ0) is 19.9. The van der Waals surface area contributed by atoms with E-state index in [9.17, 15) is 43.7 Å². The number of carbonyl (C=O) groups is 1. The molecule has 0 atom stereocenters. The second-order valence-corrected chi connectivity index (χ2v) is 12.0. The molecular weight excluding hydrogens is 416 g/mol. The lowest BCUT2D eigenvalue weighted by atomic mass is 9.49. The van der Waals surface area contributed by atoms with Gasteiger partial charge >= 0.3 is 5.97 Å². The van der Waals surface area contributed by atoms with E-state index in [2.05, 4.69) is 0 Å². The third kappa shape index (κ3) is 2.77. The fourth-order valence-electron chi connectivity index (χ4n) is 5.61. The molecule has 0 aliphatic heterocycles. The number of carbonyl (C=O) groups excluding carboxylic acids is 1. The molecule has 4 bridgehead atoms. The van der Waals surface area contributed by atoms with Crippen molar-refractivity contribution in [1.82, 2.24) is 0 Å². The molecule has 3 N–H and O–H groups in total. The first-order valence-corrected chi connectivity index (χ1v) is 12.1. The number of methoxy groups -OCH3 is 1. The van der Waals surface area contributed by atoms with Crippen molar-refractivity contribution >= 4 is 36.3 Å². The maximum absolute atomic E-state index is 12.3. The molecule has 26 heavy (non-hydrogen) atoms. The summed E-state index contributed by atoms with van der Waals surface area (Å²) >= 11 is 0. The van der Waals surface area contributed by atoms with Crippen LogP contribution in [0.1, 0.15) is 19.3 Å². The molecule has 150 valence electrons. The topological polar surface area (TPSA) is 189 Å². The van der Waals surface area contributed by atoms with Gasteiger partial charge in [-0.1, -0.05) is 0 Å². The van der Waals surface area contributed by atoms with Crippen LogP contribution < -0.4 is 0 Å². The molecule has 0 radical (unpaired) electrons. The first-order chi connectivity index (χ1) is 11.6. The number of hydrogen-bond acceptors (Lipinski definition) is 8. The predicted octanol–water partition coefficient (Wildman–Crippen LogP) is -1.03. The van der Waals surface area contributed by atoms with E-state index in [1.165, 1.54) is 0 Å². The van der Waals surface area contributed by atoms with E-state index >= 15 is 0 Å². The van der Waals surface area contributed by atoms with Crippen LogP contribution in [0.4, 0.5) is 0 Å². The molecule has 4 rings (SSSR count). The number of rotatable bonds is 4. The lowest BCUT2D eigenvalue weighted by Gasteiger charge is -2.61. The largest absolute Gasteiger partial charge is 0.469 e. The minimum absolute atomic E-state index is 0.306. The number of hydrogen-bond donors (Lipinski definition) is 3. The summed E-state index contributed by atoms with van der Waals surface area (Å²) in [4.78, 5) is 12.3. The van der Waals surface area contributed by atoms with Crippen molar-refractivity contribution in [3.05, 3.63) is 0 Å². The van der Waals surface area contributed by atoms with E-state index in [0.29, 0.717) is 0 Å². The Morgan fingerprint density at radius 2 is 1.04 bits per heavy atom.